The number of benzene rings is 1. The van der Waals surface area contributed by atoms with E-state index in [1.54, 1.807) is 0 Å². The zero-order valence-electron chi connectivity index (χ0n) is 18.0. The van der Waals surface area contributed by atoms with Gasteiger partial charge in [-0.2, -0.15) is 0 Å². The highest BCUT2D eigenvalue weighted by atomic mass is 16.5. The third kappa shape index (κ3) is 9.89. The molecule has 0 spiro atoms. The van der Waals surface area contributed by atoms with Crippen LogP contribution in [0.25, 0.3) is 0 Å². The van der Waals surface area contributed by atoms with E-state index in [1.165, 1.54) is 38.0 Å². The molecular weight excluding hydrogens is 306 g/mol. The van der Waals surface area contributed by atoms with Crippen molar-refractivity contribution < 1.29 is 4.74 Å². The van der Waals surface area contributed by atoms with Crippen LogP contribution >= 0.6 is 0 Å². The summed E-state index contributed by atoms with van der Waals surface area (Å²) in [4.78, 5) is 2.63. The quantitative estimate of drug-likeness (QED) is 0.561. The molecule has 146 valence electrons. The lowest BCUT2D eigenvalue weighted by Gasteiger charge is -2.33. The second-order valence-electron chi connectivity index (χ2n) is 6.67. The number of ether oxygens (including phenoxy) is 1. The standard InChI is InChI=1S/C19H31NO.2C2H6/c1-4-15-21-19-7-5-17(6-8-19)9-12-20-13-10-18(11-14-20)16(2)3;2*1-2/h5-8,16,18H,4,9-15H2,1-3H3;2*1-2H3. The van der Waals surface area contributed by atoms with E-state index in [4.69, 9.17) is 4.74 Å². The fourth-order valence-corrected chi connectivity index (χ4v) is 3.10. The second kappa shape index (κ2) is 15.3. The topological polar surface area (TPSA) is 12.5 Å². The van der Waals surface area contributed by atoms with Crippen LogP contribution in [0.5, 0.6) is 5.75 Å². The summed E-state index contributed by atoms with van der Waals surface area (Å²) in [6.45, 7) is 19.4. The van der Waals surface area contributed by atoms with Gasteiger partial charge in [0.2, 0.25) is 0 Å². The molecule has 0 unspecified atom stereocenters. The first-order valence-corrected chi connectivity index (χ1v) is 10.6. The molecule has 2 nitrogen and oxygen atoms in total. The molecule has 0 bridgehead atoms. The van der Waals surface area contributed by atoms with Crippen LogP contribution in [0.4, 0.5) is 0 Å². The number of hydrogen-bond acceptors (Lipinski definition) is 2. The van der Waals surface area contributed by atoms with Gasteiger partial charge in [-0.1, -0.05) is 60.6 Å². The van der Waals surface area contributed by atoms with E-state index in [9.17, 15) is 0 Å². The summed E-state index contributed by atoms with van der Waals surface area (Å²) in [5.41, 5.74) is 1.42. The predicted molar refractivity (Wildman–Crippen MR) is 113 cm³/mol. The lowest BCUT2D eigenvalue weighted by Crippen LogP contribution is -2.36. The Morgan fingerprint density at radius 3 is 2.04 bits per heavy atom. The molecule has 0 radical (unpaired) electrons. The average Bonchev–Trinajstić information content (AvgIpc) is 2.69. The molecule has 1 aliphatic heterocycles. The van der Waals surface area contributed by atoms with Crippen LogP contribution in [-0.2, 0) is 6.42 Å². The third-order valence-electron chi connectivity index (χ3n) is 4.69. The summed E-state index contributed by atoms with van der Waals surface area (Å²) in [6.07, 6.45) is 4.97. The molecule has 2 heteroatoms. The van der Waals surface area contributed by atoms with Gasteiger partial charge in [0.15, 0.2) is 0 Å². The molecular formula is C23H43NO. The van der Waals surface area contributed by atoms with Crippen molar-refractivity contribution in [3.63, 3.8) is 0 Å². The van der Waals surface area contributed by atoms with Crippen LogP contribution in [0, 0.1) is 11.8 Å². The van der Waals surface area contributed by atoms with Crippen molar-refractivity contribution in [2.24, 2.45) is 11.8 Å². The SMILES string of the molecule is CC.CC.CCCOc1ccc(CCN2CCC(C(C)C)CC2)cc1. The Morgan fingerprint density at radius 1 is 1.00 bits per heavy atom. The van der Waals surface area contributed by atoms with Gasteiger partial charge in [-0.3, -0.25) is 0 Å². The Balaban J connectivity index is 0.00000134. The first-order valence-electron chi connectivity index (χ1n) is 10.6. The van der Waals surface area contributed by atoms with Crippen LogP contribution in [0.2, 0.25) is 0 Å². The van der Waals surface area contributed by atoms with Gasteiger partial charge < -0.3 is 9.64 Å². The van der Waals surface area contributed by atoms with Crippen molar-refractivity contribution >= 4 is 0 Å². The zero-order valence-corrected chi connectivity index (χ0v) is 18.0. The van der Waals surface area contributed by atoms with Crippen LogP contribution in [0.1, 0.15) is 73.3 Å². The molecule has 0 atom stereocenters. The fourth-order valence-electron chi connectivity index (χ4n) is 3.10. The van der Waals surface area contributed by atoms with E-state index in [-0.39, 0.29) is 0 Å². The minimum Gasteiger partial charge on any atom is -0.494 e. The maximum Gasteiger partial charge on any atom is 0.119 e. The normalized spacial score (nSPS) is 15.0. The number of nitrogens with zero attached hydrogens (tertiary/aromatic N) is 1. The van der Waals surface area contributed by atoms with E-state index in [1.807, 2.05) is 27.7 Å². The Hall–Kier alpha value is -1.02. The molecule has 0 amide bonds. The molecule has 1 aromatic carbocycles. The minimum atomic E-state index is 0.810. The number of likely N-dealkylation sites (tertiary alicyclic amines) is 1. The Kier molecular flexibility index (Phi) is 14.6. The van der Waals surface area contributed by atoms with E-state index >= 15 is 0 Å². The molecule has 1 saturated heterocycles. The van der Waals surface area contributed by atoms with E-state index in [2.05, 4.69) is 49.9 Å². The van der Waals surface area contributed by atoms with E-state index in [0.717, 1.165) is 37.0 Å². The maximum atomic E-state index is 5.63. The summed E-state index contributed by atoms with van der Waals surface area (Å²) >= 11 is 0. The third-order valence-corrected chi connectivity index (χ3v) is 4.69. The minimum absolute atomic E-state index is 0.810. The van der Waals surface area contributed by atoms with Crippen molar-refractivity contribution in [3.05, 3.63) is 29.8 Å². The maximum absolute atomic E-state index is 5.63. The monoisotopic (exact) mass is 349 g/mol. The van der Waals surface area contributed by atoms with Crippen molar-refractivity contribution in [1.29, 1.82) is 0 Å². The highest BCUT2D eigenvalue weighted by Gasteiger charge is 2.20. The van der Waals surface area contributed by atoms with Gasteiger partial charge >= 0.3 is 0 Å². The van der Waals surface area contributed by atoms with Crippen molar-refractivity contribution in [1.82, 2.24) is 4.90 Å². The van der Waals surface area contributed by atoms with Crippen LogP contribution < -0.4 is 4.74 Å². The predicted octanol–water partition coefficient (Wildman–Crippen LogP) is 6.44. The van der Waals surface area contributed by atoms with Gasteiger partial charge in [0.25, 0.3) is 0 Å². The first-order chi connectivity index (χ1) is 12.2. The molecule has 1 aliphatic rings. The molecule has 1 heterocycles. The molecule has 1 aromatic rings. The van der Waals surface area contributed by atoms with Crippen LogP contribution in [-0.4, -0.2) is 31.1 Å². The lowest BCUT2D eigenvalue weighted by atomic mass is 9.86. The van der Waals surface area contributed by atoms with Crippen molar-refractivity contribution in [2.45, 2.75) is 74.1 Å². The van der Waals surface area contributed by atoms with Crippen LogP contribution in [0.3, 0.4) is 0 Å². The highest BCUT2D eigenvalue weighted by Crippen LogP contribution is 2.24. The summed E-state index contributed by atoms with van der Waals surface area (Å²) < 4.78 is 5.63. The lowest BCUT2D eigenvalue weighted by molar-refractivity contribution is 0.159. The van der Waals surface area contributed by atoms with Gasteiger partial charge in [-0.25, -0.2) is 0 Å². The molecule has 1 fully saturated rings. The van der Waals surface area contributed by atoms with Crippen molar-refractivity contribution in [2.75, 3.05) is 26.2 Å². The average molecular weight is 350 g/mol. The number of piperidine rings is 1. The molecule has 0 saturated carbocycles. The number of rotatable bonds is 7. The van der Waals surface area contributed by atoms with Gasteiger partial charge in [-0.05, 0) is 68.3 Å². The molecule has 2 rings (SSSR count). The summed E-state index contributed by atoms with van der Waals surface area (Å²) in [5, 5.41) is 0. The molecule has 25 heavy (non-hydrogen) atoms. The Morgan fingerprint density at radius 2 is 1.56 bits per heavy atom. The summed E-state index contributed by atoms with van der Waals surface area (Å²) in [7, 11) is 0. The largest absolute Gasteiger partial charge is 0.494 e. The Labute approximate surface area is 158 Å². The molecule has 0 aromatic heterocycles. The molecule has 0 N–H and O–H groups in total. The summed E-state index contributed by atoms with van der Waals surface area (Å²) in [5.74, 6) is 2.79. The van der Waals surface area contributed by atoms with Gasteiger partial charge in [0.1, 0.15) is 5.75 Å². The molecule has 0 aliphatic carbocycles. The van der Waals surface area contributed by atoms with Gasteiger partial charge in [-0.15, -0.1) is 0 Å². The summed E-state index contributed by atoms with van der Waals surface area (Å²) in [6, 6.07) is 8.64. The fraction of sp³-hybridized carbons (Fsp3) is 0.739. The Bertz CT molecular complexity index is 391. The highest BCUT2D eigenvalue weighted by molar-refractivity contribution is 5.27. The second-order valence-corrected chi connectivity index (χ2v) is 6.67. The zero-order chi connectivity index (χ0) is 19.1. The first kappa shape index (κ1) is 24.0. The van der Waals surface area contributed by atoms with Crippen molar-refractivity contribution in [3.8, 4) is 5.75 Å². The van der Waals surface area contributed by atoms with Gasteiger partial charge in [0, 0.05) is 6.54 Å². The smallest absolute Gasteiger partial charge is 0.119 e. The van der Waals surface area contributed by atoms with E-state index < -0.39 is 0 Å². The van der Waals surface area contributed by atoms with Crippen LogP contribution in [0.15, 0.2) is 24.3 Å². The van der Waals surface area contributed by atoms with E-state index in [0.29, 0.717) is 0 Å². The number of hydrogen-bond donors (Lipinski definition) is 0. The van der Waals surface area contributed by atoms with Gasteiger partial charge in [0.05, 0.1) is 6.61 Å².